The van der Waals surface area contributed by atoms with Crippen molar-refractivity contribution in [3.05, 3.63) is 18.1 Å². The van der Waals surface area contributed by atoms with Gasteiger partial charge in [-0.25, -0.2) is 0 Å². The molecule has 0 heteroatoms. The number of rotatable bonds is 9. The minimum absolute atomic E-state index is 0.775. The Morgan fingerprint density at radius 3 is 2.19 bits per heavy atom. The van der Waals surface area contributed by atoms with Crippen LogP contribution in [-0.2, 0) is 0 Å². The second kappa shape index (κ2) is 9.93. The fourth-order valence-corrected chi connectivity index (χ4v) is 2.44. The van der Waals surface area contributed by atoms with Gasteiger partial charge in [0.05, 0.1) is 0 Å². The average molecular weight is 223 g/mol. The van der Waals surface area contributed by atoms with Gasteiger partial charge in [0.25, 0.3) is 0 Å². The lowest BCUT2D eigenvalue weighted by atomic mass is 9.83. The summed E-state index contributed by atoms with van der Waals surface area (Å²) >= 11 is 0. The van der Waals surface area contributed by atoms with Gasteiger partial charge < -0.3 is 0 Å². The van der Waals surface area contributed by atoms with Gasteiger partial charge in [-0.1, -0.05) is 58.6 Å². The molecule has 0 nitrogen and oxygen atoms in total. The van der Waals surface area contributed by atoms with Gasteiger partial charge in [0, 0.05) is 0 Å². The van der Waals surface area contributed by atoms with E-state index in [9.17, 15) is 0 Å². The maximum Gasteiger partial charge on any atom is -0.0200 e. The predicted molar refractivity (Wildman–Crippen MR) is 75.4 cm³/mol. The fourth-order valence-electron chi connectivity index (χ4n) is 2.44. The molecule has 0 rings (SSSR count). The van der Waals surface area contributed by atoms with Crippen LogP contribution in [0.5, 0.6) is 0 Å². The molecule has 0 saturated heterocycles. The highest BCUT2D eigenvalue weighted by molar-refractivity contribution is 5.03. The van der Waals surface area contributed by atoms with Crippen LogP contribution < -0.4 is 0 Å². The lowest BCUT2D eigenvalue weighted by molar-refractivity contribution is 0.403. The third-order valence-electron chi connectivity index (χ3n) is 3.49. The van der Waals surface area contributed by atoms with E-state index in [1.807, 2.05) is 0 Å². The molecule has 0 heterocycles. The molecule has 0 aromatic heterocycles. The number of hydrogen-bond acceptors (Lipinski definition) is 0. The van der Waals surface area contributed by atoms with Crippen molar-refractivity contribution in [1.82, 2.24) is 0 Å². The van der Waals surface area contributed by atoms with Crippen molar-refractivity contribution < 1.29 is 0 Å². The molecule has 0 N–H and O–H groups in total. The molecular weight excluding hydrogens is 192 g/mol. The van der Waals surface area contributed by atoms with E-state index in [1.165, 1.54) is 38.5 Å². The topological polar surface area (TPSA) is 0 Å². The maximum atomic E-state index is 2.55. The van der Waals surface area contributed by atoms with Crippen LogP contribution in [0.15, 0.2) is 11.6 Å². The van der Waals surface area contributed by atoms with Gasteiger partial charge in [-0.3, -0.25) is 0 Å². The molecule has 0 aliphatic carbocycles. The molecule has 0 aliphatic rings. The van der Waals surface area contributed by atoms with E-state index in [2.05, 4.69) is 47.1 Å². The van der Waals surface area contributed by atoms with Gasteiger partial charge >= 0.3 is 0 Å². The molecule has 0 amide bonds. The van der Waals surface area contributed by atoms with Crippen LogP contribution in [0.2, 0.25) is 0 Å². The molecule has 0 saturated carbocycles. The standard InChI is InChI=1S/C16H31/c1-6-10-12-14(5)13-16(11-7-2)15(8-3)9-4/h8,13,15-16H,6-7,9-12H2,1-5H3/b14-13+. The first-order chi connectivity index (χ1) is 7.69. The molecule has 0 fully saturated rings. The van der Waals surface area contributed by atoms with Crippen LogP contribution in [0.1, 0.15) is 73.1 Å². The Bertz CT molecular complexity index is 174. The van der Waals surface area contributed by atoms with Crippen molar-refractivity contribution in [3.63, 3.8) is 0 Å². The quantitative estimate of drug-likeness (QED) is 0.434. The third kappa shape index (κ3) is 6.35. The average Bonchev–Trinajstić information content (AvgIpc) is 2.28. The monoisotopic (exact) mass is 223 g/mol. The van der Waals surface area contributed by atoms with E-state index in [0.717, 1.165) is 11.8 Å². The largest absolute Gasteiger partial charge is 0.0822 e. The highest BCUT2D eigenvalue weighted by Crippen LogP contribution is 2.26. The Morgan fingerprint density at radius 1 is 1.06 bits per heavy atom. The summed E-state index contributed by atoms with van der Waals surface area (Å²) in [4.78, 5) is 0. The molecule has 1 radical (unpaired) electrons. The first-order valence-electron chi connectivity index (χ1n) is 7.16. The Kier molecular flexibility index (Phi) is 9.77. The molecule has 0 aromatic carbocycles. The SMILES string of the molecule is C[CH]C(CC)C(/C=C(\C)CCCC)CCC. The summed E-state index contributed by atoms with van der Waals surface area (Å²) in [5.74, 6) is 1.55. The number of unbranched alkanes of at least 4 members (excludes halogenated alkanes) is 1. The summed E-state index contributed by atoms with van der Waals surface area (Å²) in [6.45, 7) is 11.4. The normalized spacial score (nSPS) is 14.5. The lowest BCUT2D eigenvalue weighted by Crippen LogP contribution is -2.12. The predicted octanol–water partition coefficient (Wildman–Crippen LogP) is 5.79. The highest BCUT2D eigenvalue weighted by atomic mass is 14.2. The van der Waals surface area contributed by atoms with Crippen LogP contribution in [0.3, 0.4) is 0 Å². The first-order valence-corrected chi connectivity index (χ1v) is 7.16. The number of hydrogen-bond donors (Lipinski definition) is 0. The molecule has 16 heavy (non-hydrogen) atoms. The van der Waals surface area contributed by atoms with E-state index < -0.39 is 0 Å². The second-order valence-corrected chi connectivity index (χ2v) is 4.97. The van der Waals surface area contributed by atoms with Gasteiger partial charge in [0.2, 0.25) is 0 Å². The van der Waals surface area contributed by atoms with E-state index in [4.69, 9.17) is 0 Å². The second-order valence-electron chi connectivity index (χ2n) is 4.97. The van der Waals surface area contributed by atoms with Gasteiger partial charge in [0.1, 0.15) is 0 Å². The van der Waals surface area contributed by atoms with Crippen molar-refractivity contribution in [2.75, 3.05) is 0 Å². The first kappa shape index (κ1) is 15.7. The van der Waals surface area contributed by atoms with Gasteiger partial charge in [-0.05, 0) is 44.4 Å². The van der Waals surface area contributed by atoms with Crippen LogP contribution in [0.4, 0.5) is 0 Å². The molecule has 0 bridgehead atoms. The van der Waals surface area contributed by atoms with Crippen LogP contribution in [-0.4, -0.2) is 0 Å². The van der Waals surface area contributed by atoms with Crippen molar-refractivity contribution in [2.45, 2.75) is 73.1 Å². The van der Waals surface area contributed by atoms with Crippen LogP contribution >= 0.6 is 0 Å². The maximum absolute atomic E-state index is 2.55. The smallest absolute Gasteiger partial charge is 0.0200 e. The molecule has 2 unspecified atom stereocenters. The van der Waals surface area contributed by atoms with Crippen molar-refractivity contribution >= 4 is 0 Å². The number of allylic oxidation sites excluding steroid dienone is 2. The Labute approximate surface area is 104 Å². The van der Waals surface area contributed by atoms with Gasteiger partial charge in [-0.15, -0.1) is 0 Å². The summed E-state index contributed by atoms with van der Waals surface area (Å²) in [6.07, 6.45) is 12.8. The Balaban J connectivity index is 4.39. The van der Waals surface area contributed by atoms with E-state index in [1.54, 1.807) is 5.57 Å². The van der Waals surface area contributed by atoms with E-state index >= 15 is 0 Å². The van der Waals surface area contributed by atoms with Gasteiger partial charge in [0.15, 0.2) is 0 Å². The van der Waals surface area contributed by atoms with E-state index in [0.29, 0.717) is 0 Å². The Hall–Kier alpha value is -0.260. The Morgan fingerprint density at radius 2 is 1.75 bits per heavy atom. The highest BCUT2D eigenvalue weighted by Gasteiger charge is 2.15. The van der Waals surface area contributed by atoms with Crippen LogP contribution in [0.25, 0.3) is 0 Å². The van der Waals surface area contributed by atoms with Gasteiger partial charge in [-0.2, -0.15) is 0 Å². The summed E-state index contributed by atoms with van der Waals surface area (Å²) in [6, 6.07) is 0. The minimum Gasteiger partial charge on any atom is -0.0822 e. The van der Waals surface area contributed by atoms with Crippen LogP contribution in [0, 0.1) is 18.3 Å². The molecular formula is C16H31. The summed E-state index contributed by atoms with van der Waals surface area (Å²) < 4.78 is 0. The molecule has 95 valence electrons. The molecule has 2 atom stereocenters. The lowest BCUT2D eigenvalue weighted by Gasteiger charge is -2.22. The summed E-state index contributed by atoms with van der Waals surface area (Å²) in [5, 5.41) is 0. The zero-order valence-corrected chi connectivity index (χ0v) is 12.1. The zero-order valence-electron chi connectivity index (χ0n) is 12.1. The molecule has 0 spiro atoms. The zero-order chi connectivity index (χ0) is 12.4. The fraction of sp³-hybridized carbons (Fsp3) is 0.812. The van der Waals surface area contributed by atoms with Crippen molar-refractivity contribution in [2.24, 2.45) is 11.8 Å². The molecule has 0 aromatic rings. The minimum atomic E-state index is 0.775. The van der Waals surface area contributed by atoms with Crippen molar-refractivity contribution in [1.29, 1.82) is 0 Å². The van der Waals surface area contributed by atoms with Crippen molar-refractivity contribution in [3.8, 4) is 0 Å². The summed E-state index contributed by atoms with van der Waals surface area (Å²) in [7, 11) is 0. The third-order valence-corrected chi connectivity index (χ3v) is 3.49. The van der Waals surface area contributed by atoms with E-state index in [-0.39, 0.29) is 0 Å². The molecule has 0 aliphatic heterocycles. The summed E-state index contributed by atoms with van der Waals surface area (Å²) in [5.41, 5.74) is 1.60.